The second-order valence-electron chi connectivity index (χ2n) is 1.90. The second kappa shape index (κ2) is 3.20. The molecule has 3 nitrogen and oxygen atoms in total. The van der Waals surface area contributed by atoms with Gasteiger partial charge in [0.1, 0.15) is 6.73 Å². The smallest absolute Gasteiger partial charge is 0.203 e. The van der Waals surface area contributed by atoms with Crippen LogP contribution < -0.4 is 0 Å². The molecule has 1 radical (unpaired) electrons. The SMILES string of the molecule is [O]CN1CCSC(=O)C1. The lowest BCUT2D eigenvalue weighted by Crippen LogP contribution is -2.35. The van der Waals surface area contributed by atoms with Crippen molar-refractivity contribution in [2.75, 3.05) is 25.6 Å². The van der Waals surface area contributed by atoms with E-state index in [1.165, 1.54) is 11.8 Å². The molecule has 1 rings (SSSR count). The minimum absolute atomic E-state index is 0.122. The average molecular weight is 146 g/mol. The summed E-state index contributed by atoms with van der Waals surface area (Å²) in [6.45, 7) is 0.861. The van der Waals surface area contributed by atoms with Crippen molar-refractivity contribution < 1.29 is 9.90 Å². The highest BCUT2D eigenvalue weighted by molar-refractivity contribution is 8.13. The monoisotopic (exact) mass is 146 g/mol. The summed E-state index contributed by atoms with van der Waals surface area (Å²) in [5.74, 6) is 0.779. The maximum Gasteiger partial charge on any atom is 0.203 e. The molecule has 0 aromatic rings. The Morgan fingerprint density at radius 1 is 1.67 bits per heavy atom. The molecular formula is C5H8NO2S. The van der Waals surface area contributed by atoms with Crippen LogP contribution in [0.25, 0.3) is 0 Å². The molecule has 0 atom stereocenters. The van der Waals surface area contributed by atoms with Crippen molar-refractivity contribution in [3.8, 4) is 0 Å². The van der Waals surface area contributed by atoms with E-state index in [0.717, 1.165) is 12.3 Å². The van der Waals surface area contributed by atoms with Gasteiger partial charge in [-0.05, 0) is 0 Å². The van der Waals surface area contributed by atoms with Gasteiger partial charge in [-0.2, -0.15) is 0 Å². The standard InChI is InChI=1S/C5H8NO2S/c7-4-6-1-2-9-5(8)3-6/h1-4H2. The molecule has 0 amide bonds. The minimum atomic E-state index is -0.244. The third kappa shape index (κ3) is 1.97. The lowest BCUT2D eigenvalue weighted by atomic mass is 10.5. The van der Waals surface area contributed by atoms with E-state index >= 15 is 0 Å². The van der Waals surface area contributed by atoms with E-state index in [1.54, 1.807) is 4.90 Å². The zero-order chi connectivity index (χ0) is 6.69. The quantitative estimate of drug-likeness (QED) is 0.520. The third-order valence-corrected chi connectivity index (χ3v) is 2.04. The second-order valence-corrected chi connectivity index (χ2v) is 3.05. The van der Waals surface area contributed by atoms with Gasteiger partial charge in [0.2, 0.25) is 5.12 Å². The third-order valence-electron chi connectivity index (χ3n) is 1.21. The maximum absolute atomic E-state index is 10.6. The molecule has 1 aliphatic rings. The highest BCUT2D eigenvalue weighted by Gasteiger charge is 2.15. The van der Waals surface area contributed by atoms with Gasteiger partial charge in [0.25, 0.3) is 0 Å². The Labute approximate surface area is 58.0 Å². The van der Waals surface area contributed by atoms with Crippen LogP contribution in [0.4, 0.5) is 0 Å². The normalized spacial score (nSPS) is 22.6. The number of nitrogens with zero attached hydrogens (tertiary/aromatic N) is 1. The summed E-state index contributed by atoms with van der Waals surface area (Å²) in [5, 5.41) is 10.3. The van der Waals surface area contributed by atoms with E-state index in [2.05, 4.69) is 0 Å². The van der Waals surface area contributed by atoms with Crippen LogP contribution in [-0.4, -0.2) is 35.6 Å². The Balaban J connectivity index is 2.32. The molecule has 0 N–H and O–H groups in total. The van der Waals surface area contributed by atoms with Crippen LogP contribution in [0.15, 0.2) is 0 Å². The van der Waals surface area contributed by atoms with Gasteiger partial charge in [-0.1, -0.05) is 11.8 Å². The van der Waals surface area contributed by atoms with Gasteiger partial charge in [-0.3, -0.25) is 9.69 Å². The minimum Gasteiger partial charge on any atom is -0.286 e. The van der Waals surface area contributed by atoms with Crippen molar-refractivity contribution in [2.24, 2.45) is 0 Å². The maximum atomic E-state index is 10.6. The first kappa shape index (κ1) is 7.05. The zero-order valence-electron chi connectivity index (χ0n) is 5.00. The predicted molar refractivity (Wildman–Crippen MR) is 34.6 cm³/mol. The van der Waals surface area contributed by atoms with Crippen LogP contribution in [0.3, 0.4) is 0 Å². The van der Waals surface area contributed by atoms with Crippen LogP contribution in [-0.2, 0) is 9.90 Å². The van der Waals surface area contributed by atoms with Gasteiger partial charge in [0.15, 0.2) is 0 Å². The summed E-state index contributed by atoms with van der Waals surface area (Å²) >= 11 is 1.32. The topological polar surface area (TPSA) is 40.2 Å². The molecule has 0 unspecified atom stereocenters. The van der Waals surface area contributed by atoms with E-state index in [-0.39, 0.29) is 11.8 Å². The number of rotatable bonds is 1. The molecule has 0 bridgehead atoms. The first-order chi connectivity index (χ1) is 4.33. The molecule has 4 heteroatoms. The summed E-state index contributed by atoms with van der Waals surface area (Å²) in [7, 11) is 0. The number of hydrogen-bond acceptors (Lipinski definition) is 3. The number of carbonyl (C=O) groups is 1. The van der Waals surface area contributed by atoms with E-state index < -0.39 is 0 Å². The summed E-state index contributed by atoms with van der Waals surface area (Å²) in [4.78, 5) is 12.2. The Bertz CT molecular complexity index is 118. The van der Waals surface area contributed by atoms with Crippen molar-refractivity contribution >= 4 is 16.9 Å². The van der Waals surface area contributed by atoms with Crippen LogP contribution in [0.1, 0.15) is 0 Å². The molecular weight excluding hydrogens is 138 g/mol. The van der Waals surface area contributed by atoms with Crippen LogP contribution in [0.2, 0.25) is 0 Å². The van der Waals surface area contributed by atoms with Gasteiger partial charge < -0.3 is 0 Å². The molecule has 51 valence electrons. The highest BCUT2D eigenvalue weighted by Crippen LogP contribution is 2.09. The largest absolute Gasteiger partial charge is 0.286 e. The molecule has 1 saturated heterocycles. The Morgan fingerprint density at radius 2 is 2.44 bits per heavy atom. The fourth-order valence-corrected chi connectivity index (χ4v) is 1.56. The van der Waals surface area contributed by atoms with Crippen LogP contribution in [0.5, 0.6) is 0 Å². The molecule has 0 aromatic heterocycles. The van der Waals surface area contributed by atoms with Gasteiger partial charge in [0.05, 0.1) is 6.54 Å². The molecule has 1 heterocycles. The molecule has 0 aliphatic carbocycles. The first-order valence-corrected chi connectivity index (χ1v) is 3.77. The molecule has 0 spiro atoms. The molecule has 0 aromatic carbocycles. The molecule has 0 saturated carbocycles. The fraction of sp³-hybridized carbons (Fsp3) is 0.800. The van der Waals surface area contributed by atoms with Crippen molar-refractivity contribution in [3.63, 3.8) is 0 Å². The Hall–Kier alpha value is -0.0600. The number of hydrogen-bond donors (Lipinski definition) is 0. The molecule has 9 heavy (non-hydrogen) atoms. The van der Waals surface area contributed by atoms with Gasteiger partial charge >= 0.3 is 0 Å². The Kier molecular flexibility index (Phi) is 2.50. The summed E-state index contributed by atoms with van der Waals surface area (Å²) in [6.07, 6.45) is 0. The number of carbonyl (C=O) groups excluding carboxylic acids is 1. The first-order valence-electron chi connectivity index (χ1n) is 2.79. The zero-order valence-corrected chi connectivity index (χ0v) is 5.82. The highest BCUT2D eigenvalue weighted by atomic mass is 32.2. The Morgan fingerprint density at radius 3 is 2.89 bits per heavy atom. The summed E-state index contributed by atoms with van der Waals surface area (Å²) < 4.78 is 0. The summed E-state index contributed by atoms with van der Waals surface area (Å²) in [6, 6.07) is 0. The van der Waals surface area contributed by atoms with E-state index in [4.69, 9.17) is 0 Å². The summed E-state index contributed by atoms with van der Waals surface area (Å²) in [5.41, 5.74) is 0. The fourth-order valence-electron chi connectivity index (χ4n) is 0.706. The molecule has 1 fully saturated rings. The predicted octanol–water partition coefficient (Wildman–Crippen LogP) is -0.0502. The van der Waals surface area contributed by atoms with E-state index in [0.29, 0.717) is 6.54 Å². The van der Waals surface area contributed by atoms with Gasteiger partial charge in [-0.15, -0.1) is 0 Å². The van der Waals surface area contributed by atoms with Gasteiger partial charge in [-0.25, -0.2) is 5.11 Å². The van der Waals surface area contributed by atoms with E-state index in [9.17, 15) is 9.90 Å². The lowest BCUT2D eigenvalue weighted by Gasteiger charge is -2.20. The van der Waals surface area contributed by atoms with Crippen molar-refractivity contribution in [1.82, 2.24) is 4.90 Å². The van der Waals surface area contributed by atoms with Crippen LogP contribution >= 0.6 is 11.8 Å². The van der Waals surface area contributed by atoms with Crippen molar-refractivity contribution in [1.29, 1.82) is 0 Å². The average Bonchev–Trinajstić information content (AvgIpc) is 1.88. The van der Waals surface area contributed by atoms with Crippen molar-refractivity contribution in [3.05, 3.63) is 0 Å². The van der Waals surface area contributed by atoms with Crippen LogP contribution in [0, 0.1) is 0 Å². The van der Waals surface area contributed by atoms with Gasteiger partial charge in [0, 0.05) is 12.3 Å². The van der Waals surface area contributed by atoms with E-state index in [1.807, 2.05) is 0 Å². The number of thioether (sulfide) groups is 1. The van der Waals surface area contributed by atoms with Crippen molar-refractivity contribution in [2.45, 2.75) is 0 Å². The molecule has 1 aliphatic heterocycles. The lowest BCUT2D eigenvalue weighted by molar-refractivity contribution is -0.113.